The van der Waals surface area contributed by atoms with Crippen LogP contribution in [0.15, 0.2) is 47.5 Å². The molecule has 1 fully saturated rings. The number of rotatable bonds is 7. The molecule has 1 aromatic heterocycles. The smallest absolute Gasteiger partial charge is 0.323 e. The molecule has 7 nitrogen and oxygen atoms in total. The van der Waals surface area contributed by atoms with Crippen molar-refractivity contribution in [1.29, 1.82) is 0 Å². The molecule has 0 saturated carbocycles. The summed E-state index contributed by atoms with van der Waals surface area (Å²) in [7, 11) is -3.86. The lowest BCUT2D eigenvalue weighted by Crippen LogP contribution is -2.37. The summed E-state index contributed by atoms with van der Waals surface area (Å²) >= 11 is 6.19. The Bertz CT molecular complexity index is 1330. The van der Waals surface area contributed by atoms with Gasteiger partial charge in [-0.2, -0.15) is 4.31 Å². The lowest BCUT2D eigenvalue weighted by atomic mass is 9.90. The zero-order chi connectivity index (χ0) is 24.6. The fraction of sp³-hybridized carbons (Fsp3) is 0.375. The van der Waals surface area contributed by atoms with Crippen molar-refractivity contribution >= 4 is 38.5 Å². The minimum Gasteiger partial charge on any atom is -0.488 e. The van der Waals surface area contributed by atoms with Gasteiger partial charge in [0.15, 0.2) is 11.6 Å². The minimum absolute atomic E-state index is 0.0177. The standard InChI is InChI=1S/C24H26ClFN2O5S/c1-15(2)33-23-6-4-18(12-21(23)26)34(31,32)28-9-7-16(8-10-28)20-13-27(14-24(29)30)22-5-3-17(25)11-19(20)22/h3-6,11-13,15-16H,7-10,14H2,1-2H3,(H,29,30). The van der Waals surface area contributed by atoms with E-state index in [9.17, 15) is 22.7 Å². The van der Waals surface area contributed by atoms with Gasteiger partial charge >= 0.3 is 5.97 Å². The molecule has 1 aliphatic heterocycles. The Labute approximate surface area is 202 Å². The van der Waals surface area contributed by atoms with Crippen molar-refractivity contribution in [2.75, 3.05) is 13.1 Å². The second-order valence-electron chi connectivity index (χ2n) is 8.70. The zero-order valence-corrected chi connectivity index (χ0v) is 20.4. The summed E-state index contributed by atoms with van der Waals surface area (Å²) in [4.78, 5) is 11.2. The minimum atomic E-state index is -3.86. The van der Waals surface area contributed by atoms with Crippen LogP contribution in [0.1, 0.15) is 38.2 Å². The Kier molecular flexibility index (Phi) is 6.89. The number of sulfonamides is 1. The van der Waals surface area contributed by atoms with E-state index in [0.29, 0.717) is 17.9 Å². The highest BCUT2D eigenvalue weighted by molar-refractivity contribution is 7.89. The van der Waals surface area contributed by atoms with E-state index in [4.69, 9.17) is 16.3 Å². The maximum absolute atomic E-state index is 14.4. The van der Waals surface area contributed by atoms with Gasteiger partial charge in [-0.15, -0.1) is 0 Å². The maximum atomic E-state index is 14.4. The lowest BCUT2D eigenvalue weighted by Gasteiger charge is -2.31. The van der Waals surface area contributed by atoms with Crippen LogP contribution in [0.3, 0.4) is 0 Å². The number of benzene rings is 2. The van der Waals surface area contributed by atoms with Gasteiger partial charge in [-0.3, -0.25) is 4.79 Å². The number of hydrogen-bond acceptors (Lipinski definition) is 4. The molecule has 0 atom stereocenters. The molecule has 0 amide bonds. The molecule has 0 aliphatic carbocycles. The second-order valence-corrected chi connectivity index (χ2v) is 11.1. The summed E-state index contributed by atoms with van der Waals surface area (Å²) in [6.07, 6.45) is 2.70. The van der Waals surface area contributed by atoms with E-state index >= 15 is 0 Å². The van der Waals surface area contributed by atoms with Crippen molar-refractivity contribution in [3.8, 4) is 5.75 Å². The molecule has 4 rings (SSSR count). The van der Waals surface area contributed by atoms with Gasteiger partial charge in [0.1, 0.15) is 6.54 Å². The van der Waals surface area contributed by atoms with Crippen molar-refractivity contribution in [2.24, 2.45) is 0 Å². The summed E-state index contributed by atoms with van der Waals surface area (Å²) < 4.78 is 49.1. The van der Waals surface area contributed by atoms with Crippen LogP contribution in [0.5, 0.6) is 5.75 Å². The predicted molar refractivity (Wildman–Crippen MR) is 127 cm³/mol. The van der Waals surface area contributed by atoms with E-state index < -0.39 is 21.8 Å². The molecule has 1 aliphatic rings. The van der Waals surface area contributed by atoms with E-state index in [0.717, 1.165) is 22.5 Å². The van der Waals surface area contributed by atoms with Crippen LogP contribution in [-0.2, 0) is 21.4 Å². The highest BCUT2D eigenvalue weighted by Crippen LogP contribution is 2.37. The second kappa shape index (κ2) is 9.56. The molecule has 34 heavy (non-hydrogen) atoms. The highest BCUT2D eigenvalue weighted by Gasteiger charge is 2.32. The number of hydrogen-bond donors (Lipinski definition) is 1. The third-order valence-corrected chi connectivity index (χ3v) is 8.11. The van der Waals surface area contributed by atoms with Crippen molar-refractivity contribution in [3.63, 3.8) is 0 Å². The molecule has 2 heterocycles. The number of fused-ring (bicyclic) bond motifs is 1. The van der Waals surface area contributed by atoms with Gasteiger partial charge in [0.05, 0.1) is 11.0 Å². The lowest BCUT2D eigenvalue weighted by molar-refractivity contribution is -0.137. The predicted octanol–water partition coefficient (Wildman–Crippen LogP) is 4.87. The van der Waals surface area contributed by atoms with Gasteiger partial charge < -0.3 is 14.4 Å². The first kappa shape index (κ1) is 24.5. The van der Waals surface area contributed by atoms with Crippen LogP contribution in [0.2, 0.25) is 5.02 Å². The number of ether oxygens (including phenoxy) is 1. The monoisotopic (exact) mass is 508 g/mol. The first-order valence-corrected chi connectivity index (χ1v) is 12.8. The highest BCUT2D eigenvalue weighted by atomic mass is 35.5. The van der Waals surface area contributed by atoms with Crippen LogP contribution >= 0.6 is 11.6 Å². The number of carboxylic acid groups (broad SMARTS) is 1. The molecule has 0 unspecified atom stereocenters. The van der Waals surface area contributed by atoms with Gasteiger partial charge in [-0.1, -0.05) is 11.6 Å². The average molecular weight is 509 g/mol. The van der Waals surface area contributed by atoms with E-state index in [2.05, 4.69) is 0 Å². The quantitative estimate of drug-likeness (QED) is 0.491. The van der Waals surface area contributed by atoms with Crippen LogP contribution in [0, 0.1) is 5.82 Å². The maximum Gasteiger partial charge on any atom is 0.323 e. The SMILES string of the molecule is CC(C)Oc1ccc(S(=O)(=O)N2CCC(c3cn(CC(=O)O)c4ccc(Cl)cc34)CC2)cc1F. The number of halogens is 2. The summed E-state index contributed by atoms with van der Waals surface area (Å²) in [5.41, 5.74) is 1.73. The molecule has 1 N–H and O–H groups in total. The Balaban J connectivity index is 1.54. The third-order valence-electron chi connectivity index (χ3n) is 5.98. The van der Waals surface area contributed by atoms with Crippen molar-refractivity contribution in [1.82, 2.24) is 8.87 Å². The summed E-state index contributed by atoms with van der Waals surface area (Å²) in [5, 5.41) is 10.7. The van der Waals surface area contributed by atoms with Crippen molar-refractivity contribution in [2.45, 2.75) is 50.2 Å². The van der Waals surface area contributed by atoms with E-state index in [1.54, 1.807) is 30.5 Å². The largest absolute Gasteiger partial charge is 0.488 e. The third kappa shape index (κ3) is 4.92. The Hall–Kier alpha value is -2.62. The van der Waals surface area contributed by atoms with Gasteiger partial charge in [-0.05, 0) is 74.6 Å². The summed E-state index contributed by atoms with van der Waals surface area (Å²) in [5.74, 6) is -1.60. The number of aromatic nitrogens is 1. The number of nitrogens with zero attached hydrogens (tertiary/aromatic N) is 2. The topological polar surface area (TPSA) is 88.8 Å². The van der Waals surface area contributed by atoms with Crippen LogP contribution < -0.4 is 4.74 Å². The molecule has 0 radical (unpaired) electrons. The zero-order valence-electron chi connectivity index (χ0n) is 18.9. The van der Waals surface area contributed by atoms with Gasteiger partial charge in [-0.25, -0.2) is 12.8 Å². The van der Waals surface area contributed by atoms with E-state index in [1.165, 1.54) is 16.4 Å². The molecule has 10 heteroatoms. The Morgan fingerprint density at radius 3 is 2.53 bits per heavy atom. The first-order chi connectivity index (χ1) is 16.1. The van der Waals surface area contributed by atoms with E-state index in [1.807, 2.05) is 12.3 Å². The molecule has 3 aromatic rings. The molecule has 182 valence electrons. The van der Waals surface area contributed by atoms with Gasteiger partial charge in [0, 0.05) is 35.2 Å². The number of aliphatic carboxylic acids is 1. The van der Waals surface area contributed by atoms with Gasteiger partial charge in [0.25, 0.3) is 0 Å². The molecule has 1 saturated heterocycles. The average Bonchev–Trinajstić information content (AvgIpc) is 3.11. The van der Waals surface area contributed by atoms with Crippen LogP contribution in [0.25, 0.3) is 10.9 Å². The Morgan fingerprint density at radius 1 is 1.21 bits per heavy atom. The number of carbonyl (C=O) groups is 1. The molecular formula is C24H26ClFN2O5S. The van der Waals surface area contributed by atoms with Crippen LogP contribution in [-0.4, -0.2) is 47.6 Å². The molecular weight excluding hydrogens is 483 g/mol. The normalized spacial score (nSPS) is 15.8. The van der Waals surface area contributed by atoms with Crippen molar-refractivity contribution < 1.29 is 27.4 Å². The molecule has 2 aromatic carbocycles. The first-order valence-electron chi connectivity index (χ1n) is 11.0. The Morgan fingerprint density at radius 2 is 1.91 bits per heavy atom. The van der Waals surface area contributed by atoms with Gasteiger partial charge in [0.2, 0.25) is 10.0 Å². The fourth-order valence-corrected chi connectivity index (χ4v) is 6.10. The summed E-state index contributed by atoms with van der Waals surface area (Å²) in [6.45, 7) is 3.89. The summed E-state index contributed by atoms with van der Waals surface area (Å²) in [6, 6.07) is 9.04. The molecule has 0 spiro atoms. The van der Waals surface area contributed by atoms with Crippen LogP contribution in [0.4, 0.5) is 4.39 Å². The molecule has 0 bridgehead atoms. The number of piperidine rings is 1. The van der Waals surface area contributed by atoms with E-state index in [-0.39, 0.29) is 42.3 Å². The number of carboxylic acids is 1. The van der Waals surface area contributed by atoms with Crippen molar-refractivity contribution in [3.05, 3.63) is 59.0 Å². The fourth-order valence-electron chi connectivity index (χ4n) is 4.45.